The van der Waals surface area contributed by atoms with Crippen LogP contribution in [-0.2, 0) is 4.79 Å². The Bertz CT molecular complexity index is 389. The van der Waals surface area contributed by atoms with Gasteiger partial charge in [0.25, 0.3) is 5.91 Å². The van der Waals surface area contributed by atoms with Crippen molar-refractivity contribution in [1.29, 1.82) is 0 Å². The summed E-state index contributed by atoms with van der Waals surface area (Å²) in [6.07, 6.45) is 2.90. The van der Waals surface area contributed by atoms with Crippen LogP contribution >= 0.6 is 0 Å². The van der Waals surface area contributed by atoms with Crippen molar-refractivity contribution in [2.24, 2.45) is 0 Å². The van der Waals surface area contributed by atoms with Crippen LogP contribution in [0.4, 0.5) is 0 Å². The molecule has 16 heavy (non-hydrogen) atoms. The van der Waals surface area contributed by atoms with Crippen molar-refractivity contribution >= 4 is 11.8 Å². The van der Waals surface area contributed by atoms with Gasteiger partial charge in [0.1, 0.15) is 6.04 Å². The Kier molecular flexibility index (Phi) is 2.84. The summed E-state index contributed by atoms with van der Waals surface area (Å²) in [4.78, 5) is 25.1. The molecule has 86 valence electrons. The van der Waals surface area contributed by atoms with E-state index < -0.39 is 0 Å². The summed E-state index contributed by atoms with van der Waals surface area (Å²) in [7, 11) is 1.57. The largest absolute Gasteiger partial charge is 0.357 e. The number of amides is 2. The quantitative estimate of drug-likeness (QED) is 0.683. The third kappa shape index (κ3) is 1.75. The zero-order chi connectivity index (χ0) is 11.5. The van der Waals surface area contributed by atoms with Crippen molar-refractivity contribution in [2.75, 3.05) is 13.6 Å². The number of aromatic amines is 1. The number of nitrogens with zero attached hydrogens (tertiary/aromatic N) is 3. The lowest BCUT2D eigenvalue weighted by atomic mass is 10.2. The van der Waals surface area contributed by atoms with E-state index in [-0.39, 0.29) is 23.6 Å². The Balaban J connectivity index is 2.14. The van der Waals surface area contributed by atoms with Crippen molar-refractivity contribution in [2.45, 2.75) is 18.9 Å². The van der Waals surface area contributed by atoms with E-state index in [0.717, 1.165) is 6.42 Å². The summed E-state index contributed by atoms with van der Waals surface area (Å²) < 4.78 is 0. The van der Waals surface area contributed by atoms with Gasteiger partial charge in [-0.2, -0.15) is 15.4 Å². The lowest BCUT2D eigenvalue weighted by Crippen LogP contribution is -2.45. The first-order chi connectivity index (χ1) is 7.74. The number of hydrogen-bond donors (Lipinski definition) is 2. The molecule has 7 nitrogen and oxygen atoms in total. The fourth-order valence-corrected chi connectivity index (χ4v) is 1.90. The summed E-state index contributed by atoms with van der Waals surface area (Å²) in [6, 6.07) is -0.380. The Morgan fingerprint density at radius 2 is 2.44 bits per heavy atom. The highest BCUT2D eigenvalue weighted by Crippen LogP contribution is 2.19. The second kappa shape index (κ2) is 4.30. The van der Waals surface area contributed by atoms with Gasteiger partial charge in [-0.25, -0.2) is 0 Å². The molecule has 1 aromatic rings. The SMILES string of the molecule is CNC(=O)C1CCCN1C(=O)c1cn[nH]n1. The van der Waals surface area contributed by atoms with Crippen molar-refractivity contribution in [3.63, 3.8) is 0 Å². The Hall–Kier alpha value is -1.92. The Morgan fingerprint density at radius 1 is 1.62 bits per heavy atom. The minimum atomic E-state index is -0.380. The predicted molar refractivity (Wildman–Crippen MR) is 54.5 cm³/mol. The van der Waals surface area contributed by atoms with Crippen LogP contribution < -0.4 is 5.32 Å². The molecular formula is C9H13N5O2. The number of H-pyrrole nitrogens is 1. The molecule has 1 unspecified atom stereocenters. The monoisotopic (exact) mass is 223 g/mol. The first kappa shape index (κ1) is 10.6. The lowest BCUT2D eigenvalue weighted by molar-refractivity contribution is -0.124. The van der Waals surface area contributed by atoms with Crippen LogP contribution in [-0.4, -0.2) is 51.8 Å². The number of rotatable bonds is 2. The molecule has 1 aromatic heterocycles. The van der Waals surface area contributed by atoms with Crippen LogP contribution in [0.5, 0.6) is 0 Å². The van der Waals surface area contributed by atoms with E-state index in [1.807, 2.05) is 0 Å². The van der Waals surface area contributed by atoms with Gasteiger partial charge in [-0.1, -0.05) is 0 Å². The van der Waals surface area contributed by atoms with Gasteiger partial charge in [-0.05, 0) is 12.8 Å². The molecule has 2 N–H and O–H groups in total. The zero-order valence-corrected chi connectivity index (χ0v) is 8.93. The van der Waals surface area contributed by atoms with Crippen molar-refractivity contribution < 1.29 is 9.59 Å². The highest BCUT2D eigenvalue weighted by atomic mass is 16.2. The molecule has 1 aliphatic heterocycles. The highest BCUT2D eigenvalue weighted by molar-refractivity contribution is 5.96. The van der Waals surface area contributed by atoms with Crippen LogP contribution in [0.25, 0.3) is 0 Å². The fraction of sp³-hybridized carbons (Fsp3) is 0.556. The molecule has 2 heterocycles. The third-order valence-corrected chi connectivity index (χ3v) is 2.70. The summed E-state index contributed by atoms with van der Waals surface area (Å²) in [6.45, 7) is 0.587. The summed E-state index contributed by atoms with van der Waals surface area (Å²) in [5.74, 6) is -0.380. The van der Waals surface area contributed by atoms with E-state index in [0.29, 0.717) is 13.0 Å². The van der Waals surface area contributed by atoms with Gasteiger partial charge in [0.15, 0.2) is 5.69 Å². The molecular weight excluding hydrogens is 210 g/mol. The van der Waals surface area contributed by atoms with Crippen LogP contribution in [0, 0.1) is 0 Å². The third-order valence-electron chi connectivity index (χ3n) is 2.70. The minimum Gasteiger partial charge on any atom is -0.357 e. The standard InChI is InChI=1S/C9H13N5O2/c1-10-8(15)7-3-2-4-14(7)9(16)6-5-11-13-12-6/h5,7H,2-4H2,1H3,(H,10,15)(H,11,12,13). The summed E-state index contributed by atoms with van der Waals surface area (Å²) >= 11 is 0. The maximum atomic E-state index is 12.0. The van der Waals surface area contributed by atoms with Crippen LogP contribution in [0.1, 0.15) is 23.3 Å². The maximum Gasteiger partial charge on any atom is 0.276 e. The average molecular weight is 223 g/mol. The summed E-state index contributed by atoms with van der Waals surface area (Å²) in [5.41, 5.74) is 0.246. The Morgan fingerprint density at radius 3 is 3.06 bits per heavy atom. The lowest BCUT2D eigenvalue weighted by Gasteiger charge is -2.21. The molecule has 1 atom stereocenters. The van der Waals surface area contributed by atoms with Crippen molar-refractivity contribution in [1.82, 2.24) is 25.6 Å². The number of nitrogens with one attached hydrogen (secondary N) is 2. The van der Waals surface area contributed by atoms with Crippen LogP contribution in [0.3, 0.4) is 0 Å². The molecule has 0 bridgehead atoms. The number of aromatic nitrogens is 3. The molecule has 0 aromatic carbocycles. The first-order valence-corrected chi connectivity index (χ1v) is 5.12. The van der Waals surface area contributed by atoms with Gasteiger partial charge in [-0.3, -0.25) is 9.59 Å². The van der Waals surface area contributed by atoms with E-state index in [1.54, 1.807) is 7.05 Å². The van der Waals surface area contributed by atoms with Gasteiger partial charge in [-0.15, -0.1) is 0 Å². The van der Waals surface area contributed by atoms with Crippen LogP contribution in [0.15, 0.2) is 6.20 Å². The molecule has 0 radical (unpaired) electrons. The first-order valence-electron chi connectivity index (χ1n) is 5.12. The average Bonchev–Trinajstić information content (AvgIpc) is 2.97. The predicted octanol–water partition coefficient (Wildman–Crippen LogP) is -0.845. The number of carbonyl (C=O) groups excluding carboxylic acids is 2. The molecule has 0 aliphatic carbocycles. The molecule has 2 rings (SSSR count). The van der Waals surface area contributed by atoms with Gasteiger partial charge in [0, 0.05) is 13.6 Å². The molecule has 2 amide bonds. The fourth-order valence-electron chi connectivity index (χ4n) is 1.90. The number of carbonyl (C=O) groups is 2. The molecule has 7 heteroatoms. The van der Waals surface area contributed by atoms with E-state index in [9.17, 15) is 9.59 Å². The van der Waals surface area contributed by atoms with Gasteiger partial charge < -0.3 is 10.2 Å². The number of likely N-dealkylation sites (tertiary alicyclic amines) is 1. The number of hydrogen-bond acceptors (Lipinski definition) is 4. The molecule has 1 fully saturated rings. The maximum absolute atomic E-state index is 12.0. The van der Waals surface area contributed by atoms with E-state index in [4.69, 9.17) is 0 Å². The van der Waals surface area contributed by atoms with Gasteiger partial charge in [0.2, 0.25) is 5.91 Å². The second-order valence-corrected chi connectivity index (χ2v) is 3.63. The van der Waals surface area contributed by atoms with E-state index >= 15 is 0 Å². The zero-order valence-electron chi connectivity index (χ0n) is 8.93. The Labute approximate surface area is 92.2 Å². The molecule has 1 aliphatic rings. The minimum absolute atomic E-state index is 0.130. The van der Waals surface area contributed by atoms with E-state index in [1.165, 1.54) is 11.1 Å². The molecule has 0 saturated carbocycles. The van der Waals surface area contributed by atoms with Gasteiger partial charge >= 0.3 is 0 Å². The van der Waals surface area contributed by atoms with E-state index in [2.05, 4.69) is 20.7 Å². The molecule has 0 spiro atoms. The van der Waals surface area contributed by atoms with Crippen molar-refractivity contribution in [3.8, 4) is 0 Å². The second-order valence-electron chi connectivity index (χ2n) is 3.63. The topological polar surface area (TPSA) is 91.0 Å². The smallest absolute Gasteiger partial charge is 0.276 e. The number of likely N-dealkylation sites (N-methyl/N-ethyl adjacent to an activating group) is 1. The normalized spacial score (nSPS) is 19.8. The summed E-state index contributed by atoms with van der Waals surface area (Å²) in [5, 5.41) is 12.2. The van der Waals surface area contributed by atoms with Crippen LogP contribution in [0.2, 0.25) is 0 Å². The highest BCUT2D eigenvalue weighted by Gasteiger charge is 2.34. The van der Waals surface area contributed by atoms with Gasteiger partial charge in [0.05, 0.1) is 6.20 Å². The molecule has 1 saturated heterocycles. The van der Waals surface area contributed by atoms with Crippen molar-refractivity contribution in [3.05, 3.63) is 11.9 Å².